The number of hydrogen-bond acceptors (Lipinski definition) is 9. The standard InChI is InChI=1S/C22H22N8O3/c1-13(19-23-9-10-24-19)26-21-25-8-6-16(28-21)14-4-3-5-15(27-14)17-12-18(33-29-17)22(32)7-11-30(2)20(22)31/h3-6,8-10,12-13,32H,7,11H2,1-2H3,(H,23,24)(H,25,26,28)/t13-,22+/m0/s1. The number of aromatic amines is 1. The van der Waals surface area contributed by atoms with Gasteiger partial charge >= 0.3 is 0 Å². The maximum absolute atomic E-state index is 12.3. The molecule has 0 bridgehead atoms. The van der Waals surface area contributed by atoms with Crippen molar-refractivity contribution in [2.24, 2.45) is 0 Å². The van der Waals surface area contributed by atoms with Crippen LogP contribution in [0, 0.1) is 0 Å². The van der Waals surface area contributed by atoms with E-state index in [1.807, 2.05) is 19.1 Å². The Bertz CT molecular complexity index is 1290. The van der Waals surface area contributed by atoms with E-state index in [0.717, 1.165) is 5.82 Å². The van der Waals surface area contributed by atoms with Gasteiger partial charge in [-0.3, -0.25) is 4.79 Å². The lowest BCUT2D eigenvalue weighted by Crippen LogP contribution is -2.35. The van der Waals surface area contributed by atoms with Crippen molar-refractivity contribution in [3.8, 4) is 22.8 Å². The minimum atomic E-state index is -1.70. The summed E-state index contributed by atoms with van der Waals surface area (Å²) in [6.45, 7) is 2.40. The van der Waals surface area contributed by atoms with Crippen molar-refractivity contribution in [1.29, 1.82) is 0 Å². The molecular formula is C22H22N8O3. The Morgan fingerprint density at radius 3 is 2.67 bits per heavy atom. The van der Waals surface area contributed by atoms with Gasteiger partial charge in [-0.25, -0.2) is 19.9 Å². The predicted molar refractivity (Wildman–Crippen MR) is 118 cm³/mol. The Kier molecular flexibility index (Phi) is 5.09. The molecule has 0 aromatic carbocycles. The van der Waals surface area contributed by atoms with Crippen molar-refractivity contribution in [3.05, 3.63) is 60.5 Å². The van der Waals surface area contributed by atoms with E-state index in [1.165, 1.54) is 4.90 Å². The molecule has 0 saturated carbocycles. The minimum Gasteiger partial charge on any atom is -0.373 e. The molecule has 11 heteroatoms. The van der Waals surface area contributed by atoms with Gasteiger partial charge in [0.25, 0.3) is 5.91 Å². The van der Waals surface area contributed by atoms with Crippen LogP contribution in [0.2, 0.25) is 0 Å². The Labute approximate surface area is 188 Å². The fourth-order valence-corrected chi connectivity index (χ4v) is 3.74. The Morgan fingerprint density at radius 2 is 1.94 bits per heavy atom. The van der Waals surface area contributed by atoms with Gasteiger partial charge in [0, 0.05) is 44.7 Å². The van der Waals surface area contributed by atoms with E-state index in [4.69, 9.17) is 4.52 Å². The number of likely N-dealkylation sites (N-methyl/N-ethyl adjacent to an activating group) is 1. The third-order valence-electron chi connectivity index (χ3n) is 5.63. The quantitative estimate of drug-likeness (QED) is 0.405. The number of pyridine rings is 1. The van der Waals surface area contributed by atoms with Gasteiger partial charge in [0.05, 0.1) is 23.1 Å². The Hall–Kier alpha value is -4.12. The van der Waals surface area contributed by atoms with Crippen LogP contribution >= 0.6 is 0 Å². The summed E-state index contributed by atoms with van der Waals surface area (Å²) in [7, 11) is 1.64. The smallest absolute Gasteiger partial charge is 0.262 e. The first-order valence-electron chi connectivity index (χ1n) is 10.5. The molecule has 0 unspecified atom stereocenters. The van der Waals surface area contributed by atoms with Gasteiger partial charge in [-0.15, -0.1) is 0 Å². The number of hydrogen-bond donors (Lipinski definition) is 3. The molecule has 0 radical (unpaired) electrons. The molecule has 1 aliphatic rings. The second kappa shape index (κ2) is 8.10. The average Bonchev–Trinajstić information content (AvgIpc) is 3.59. The maximum Gasteiger partial charge on any atom is 0.262 e. The molecule has 0 spiro atoms. The fourth-order valence-electron chi connectivity index (χ4n) is 3.74. The first kappa shape index (κ1) is 20.8. The van der Waals surface area contributed by atoms with E-state index in [9.17, 15) is 9.90 Å². The van der Waals surface area contributed by atoms with Crippen LogP contribution in [-0.2, 0) is 10.4 Å². The molecule has 4 aromatic rings. The van der Waals surface area contributed by atoms with Crippen LogP contribution in [0.25, 0.3) is 22.8 Å². The number of aromatic nitrogens is 6. The van der Waals surface area contributed by atoms with Gasteiger partial charge in [-0.2, -0.15) is 0 Å². The van der Waals surface area contributed by atoms with Crippen molar-refractivity contribution in [2.45, 2.75) is 25.0 Å². The van der Waals surface area contributed by atoms with Crippen LogP contribution < -0.4 is 5.32 Å². The Balaban J connectivity index is 1.39. The summed E-state index contributed by atoms with van der Waals surface area (Å²) in [5.41, 5.74) is 0.484. The highest BCUT2D eigenvalue weighted by molar-refractivity contribution is 5.87. The van der Waals surface area contributed by atoms with Crippen LogP contribution in [0.3, 0.4) is 0 Å². The van der Waals surface area contributed by atoms with Crippen LogP contribution in [0.4, 0.5) is 5.95 Å². The number of amides is 1. The SMILES string of the molecule is C[C@H](Nc1nccc(-c2cccc(-c3cc([C@]4(O)CCN(C)C4=O)on3)n2)n1)c1ncc[nH]1. The number of nitrogens with zero attached hydrogens (tertiary/aromatic N) is 6. The number of carbonyl (C=O) groups is 1. The average molecular weight is 446 g/mol. The Morgan fingerprint density at radius 1 is 1.15 bits per heavy atom. The molecule has 3 N–H and O–H groups in total. The summed E-state index contributed by atoms with van der Waals surface area (Å²) in [6, 6.07) is 8.65. The number of anilines is 1. The molecular weight excluding hydrogens is 424 g/mol. The van der Waals surface area contributed by atoms with Crippen LogP contribution in [-0.4, -0.2) is 59.6 Å². The molecule has 11 nitrogen and oxygen atoms in total. The highest BCUT2D eigenvalue weighted by Crippen LogP contribution is 2.34. The lowest BCUT2D eigenvalue weighted by Gasteiger charge is -2.16. The molecule has 168 valence electrons. The fraction of sp³-hybridized carbons (Fsp3) is 0.273. The van der Waals surface area contributed by atoms with Crippen molar-refractivity contribution < 1.29 is 14.4 Å². The molecule has 1 fully saturated rings. The van der Waals surface area contributed by atoms with E-state index < -0.39 is 11.5 Å². The van der Waals surface area contributed by atoms with E-state index in [0.29, 0.717) is 35.3 Å². The predicted octanol–water partition coefficient (Wildman–Crippen LogP) is 2.14. The van der Waals surface area contributed by atoms with Crippen molar-refractivity contribution in [2.75, 3.05) is 18.9 Å². The van der Waals surface area contributed by atoms with Gasteiger partial charge in [0.2, 0.25) is 11.5 Å². The van der Waals surface area contributed by atoms with Crippen molar-refractivity contribution >= 4 is 11.9 Å². The third kappa shape index (κ3) is 3.82. The van der Waals surface area contributed by atoms with Crippen LogP contribution in [0.15, 0.2) is 53.4 Å². The second-order valence-corrected chi connectivity index (χ2v) is 7.93. The van der Waals surface area contributed by atoms with Gasteiger partial charge in [0.15, 0.2) is 5.76 Å². The van der Waals surface area contributed by atoms with E-state index in [-0.39, 0.29) is 18.2 Å². The largest absolute Gasteiger partial charge is 0.373 e. The van der Waals surface area contributed by atoms with E-state index in [2.05, 4.69) is 35.4 Å². The first-order valence-corrected chi connectivity index (χ1v) is 10.5. The summed E-state index contributed by atoms with van der Waals surface area (Å²) < 4.78 is 5.34. The zero-order valence-corrected chi connectivity index (χ0v) is 18.1. The molecule has 2 atom stereocenters. The number of H-pyrrole nitrogens is 1. The maximum atomic E-state index is 12.3. The summed E-state index contributed by atoms with van der Waals surface area (Å²) in [6.07, 6.45) is 5.35. The molecule has 1 saturated heterocycles. The molecule has 1 aliphatic heterocycles. The number of likely N-dealkylation sites (tertiary alicyclic amines) is 1. The highest BCUT2D eigenvalue weighted by atomic mass is 16.5. The lowest BCUT2D eigenvalue weighted by atomic mass is 9.98. The monoisotopic (exact) mass is 446 g/mol. The van der Waals surface area contributed by atoms with Crippen molar-refractivity contribution in [1.82, 2.24) is 35.0 Å². The second-order valence-electron chi connectivity index (χ2n) is 7.93. The van der Waals surface area contributed by atoms with Crippen LogP contribution in [0.5, 0.6) is 0 Å². The van der Waals surface area contributed by atoms with Gasteiger partial charge in [-0.1, -0.05) is 11.2 Å². The number of rotatable bonds is 6. The van der Waals surface area contributed by atoms with Gasteiger partial charge in [0.1, 0.15) is 11.5 Å². The molecule has 5 rings (SSSR count). The zero-order chi connectivity index (χ0) is 23.0. The summed E-state index contributed by atoms with van der Waals surface area (Å²) in [5, 5.41) is 18.0. The third-order valence-corrected chi connectivity index (χ3v) is 5.63. The topological polar surface area (TPSA) is 146 Å². The number of aliphatic hydroxyl groups is 1. The molecule has 0 aliphatic carbocycles. The van der Waals surface area contributed by atoms with E-state index >= 15 is 0 Å². The number of nitrogens with one attached hydrogen (secondary N) is 2. The number of imidazole rings is 1. The van der Waals surface area contributed by atoms with Gasteiger partial charge in [-0.05, 0) is 25.1 Å². The lowest BCUT2D eigenvalue weighted by molar-refractivity contribution is -0.144. The summed E-state index contributed by atoms with van der Waals surface area (Å²) in [5.74, 6) is 0.925. The first-order chi connectivity index (χ1) is 15.9. The highest BCUT2D eigenvalue weighted by Gasteiger charge is 2.48. The molecule has 5 heterocycles. The van der Waals surface area contributed by atoms with Crippen molar-refractivity contribution in [3.63, 3.8) is 0 Å². The zero-order valence-electron chi connectivity index (χ0n) is 18.1. The summed E-state index contributed by atoms with van der Waals surface area (Å²) in [4.78, 5) is 34.6. The van der Waals surface area contributed by atoms with Gasteiger partial charge < -0.3 is 24.8 Å². The summed E-state index contributed by atoms with van der Waals surface area (Å²) >= 11 is 0. The normalized spacial score (nSPS) is 19.1. The minimum absolute atomic E-state index is 0.105. The van der Waals surface area contributed by atoms with E-state index in [1.54, 1.807) is 43.8 Å². The molecule has 4 aromatic heterocycles. The molecule has 33 heavy (non-hydrogen) atoms. The van der Waals surface area contributed by atoms with Crippen LogP contribution in [0.1, 0.15) is 31.0 Å². The number of carbonyl (C=O) groups excluding carboxylic acids is 1. The molecule has 1 amide bonds.